The van der Waals surface area contributed by atoms with Gasteiger partial charge in [0.2, 0.25) is 0 Å². The Balaban J connectivity index is 1.47. The topological polar surface area (TPSA) is 53.9 Å². The molecule has 2 aromatic rings. The Kier molecular flexibility index (Phi) is 6.63. The lowest BCUT2D eigenvalue weighted by atomic mass is 10.0. The number of carbonyl (C=O) groups excluding carboxylic acids is 2. The van der Waals surface area contributed by atoms with Crippen molar-refractivity contribution in [1.82, 2.24) is 10.2 Å². The van der Waals surface area contributed by atoms with Crippen LogP contribution in [0, 0.1) is 6.92 Å². The second-order valence-corrected chi connectivity index (χ2v) is 8.08. The van der Waals surface area contributed by atoms with E-state index < -0.39 is 0 Å². The molecule has 1 atom stereocenters. The molecule has 1 aliphatic heterocycles. The highest BCUT2D eigenvalue weighted by Gasteiger charge is 2.26. The number of amides is 2. The van der Waals surface area contributed by atoms with Crippen LogP contribution in [-0.2, 0) is 4.79 Å². The van der Waals surface area contributed by atoms with E-state index in [2.05, 4.69) is 43.4 Å². The van der Waals surface area contributed by atoms with Crippen molar-refractivity contribution < 1.29 is 14.5 Å². The third-order valence-corrected chi connectivity index (χ3v) is 5.98. The molecule has 3 rings (SSSR count). The highest BCUT2D eigenvalue weighted by molar-refractivity contribution is 7.12. The lowest BCUT2D eigenvalue weighted by Crippen LogP contribution is -3.15. The number of thiophene rings is 1. The summed E-state index contributed by atoms with van der Waals surface area (Å²) >= 11 is 1.48. The van der Waals surface area contributed by atoms with Gasteiger partial charge in [-0.3, -0.25) is 9.59 Å². The molecule has 0 saturated carbocycles. The molecule has 2 N–H and O–H groups in total. The molecule has 2 amide bonds. The quantitative estimate of drug-likeness (QED) is 0.793. The highest BCUT2D eigenvalue weighted by Crippen LogP contribution is 2.17. The van der Waals surface area contributed by atoms with Gasteiger partial charge in [0.25, 0.3) is 11.8 Å². The Morgan fingerprint density at radius 1 is 1.19 bits per heavy atom. The van der Waals surface area contributed by atoms with E-state index in [1.165, 1.54) is 21.8 Å². The third-order valence-electron chi connectivity index (χ3n) is 5.12. The molecule has 0 unspecified atom stereocenters. The predicted octanol–water partition coefficient (Wildman–Crippen LogP) is 1.66. The van der Waals surface area contributed by atoms with Crippen molar-refractivity contribution in [2.24, 2.45) is 0 Å². The number of benzene rings is 1. The molecule has 144 valence electrons. The number of rotatable bonds is 6. The van der Waals surface area contributed by atoms with Crippen molar-refractivity contribution >= 4 is 23.2 Å². The summed E-state index contributed by atoms with van der Waals surface area (Å²) < 4.78 is 0. The first kappa shape index (κ1) is 19.6. The average Bonchev–Trinajstić information content (AvgIpc) is 3.22. The summed E-state index contributed by atoms with van der Waals surface area (Å²) in [5, 5.41) is 5.10. The zero-order chi connectivity index (χ0) is 19.2. The van der Waals surface area contributed by atoms with Crippen LogP contribution in [0.3, 0.4) is 0 Å². The minimum atomic E-state index is 0.0548. The first-order valence-electron chi connectivity index (χ1n) is 9.59. The number of quaternary nitrogens is 1. The second-order valence-electron chi connectivity index (χ2n) is 7.14. The van der Waals surface area contributed by atoms with Gasteiger partial charge in [0, 0.05) is 0 Å². The molecule has 0 bridgehead atoms. The fourth-order valence-electron chi connectivity index (χ4n) is 3.45. The molecule has 5 nitrogen and oxygen atoms in total. The second kappa shape index (κ2) is 9.15. The van der Waals surface area contributed by atoms with Crippen LogP contribution >= 0.6 is 11.3 Å². The summed E-state index contributed by atoms with van der Waals surface area (Å²) in [6, 6.07) is 12.2. The largest absolute Gasteiger partial charge is 0.344 e. The summed E-state index contributed by atoms with van der Waals surface area (Å²) in [6.45, 7) is 7.65. The van der Waals surface area contributed by atoms with E-state index in [1.54, 1.807) is 0 Å². The zero-order valence-corrected chi connectivity index (χ0v) is 16.8. The van der Waals surface area contributed by atoms with Crippen molar-refractivity contribution in [2.75, 3.05) is 32.7 Å². The fraction of sp³-hybridized carbons (Fsp3) is 0.429. The SMILES string of the molecule is CC[C@@H](NC(=O)C[NH+]1CCN(C(=O)c2cccs2)CC1)c1ccc(C)cc1. The van der Waals surface area contributed by atoms with Crippen LogP contribution in [0.4, 0.5) is 0 Å². The summed E-state index contributed by atoms with van der Waals surface area (Å²) in [4.78, 5) is 28.8. The summed E-state index contributed by atoms with van der Waals surface area (Å²) in [7, 11) is 0. The van der Waals surface area contributed by atoms with E-state index in [4.69, 9.17) is 0 Å². The van der Waals surface area contributed by atoms with E-state index in [1.807, 2.05) is 22.4 Å². The lowest BCUT2D eigenvalue weighted by Gasteiger charge is -2.32. The number of hydrogen-bond acceptors (Lipinski definition) is 3. The van der Waals surface area contributed by atoms with E-state index in [0.717, 1.165) is 30.0 Å². The van der Waals surface area contributed by atoms with Crippen molar-refractivity contribution in [3.05, 3.63) is 57.8 Å². The van der Waals surface area contributed by atoms with Crippen LogP contribution in [0.25, 0.3) is 0 Å². The Hall–Kier alpha value is -2.18. The highest BCUT2D eigenvalue weighted by atomic mass is 32.1. The Morgan fingerprint density at radius 2 is 1.89 bits per heavy atom. The molecule has 0 spiro atoms. The van der Waals surface area contributed by atoms with Gasteiger partial charge in [-0.1, -0.05) is 42.8 Å². The fourth-order valence-corrected chi connectivity index (χ4v) is 4.14. The van der Waals surface area contributed by atoms with E-state index >= 15 is 0 Å². The first-order chi connectivity index (χ1) is 13.1. The first-order valence-corrected chi connectivity index (χ1v) is 10.5. The molecule has 2 heterocycles. The van der Waals surface area contributed by atoms with Crippen molar-refractivity contribution in [3.8, 4) is 0 Å². The molecular formula is C21H28N3O2S+. The number of nitrogens with one attached hydrogen (secondary N) is 2. The van der Waals surface area contributed by atoms with Gasteiger partial charge in [0.05, 0.1) is 37.1 Å². The van der Waals surface area contributed by atoms with Gasteiger partial charge in [-0.25, -0.2) is 0 Å². The van der Waals surface area contributed by atoms with Crippen LogP contribution in [0.2, 0.25) is 0 Å². The Morgan fingerprint density at radius 3 is 2.48 bits per heavy atom. The molecule has 6 heteroatoms. The van der Waals surface area contributed by atoms with Gasteiger partial charge in [-0.05, 0) is 30.4 Å². The van der Waals surface area contributed by atoms with Crippen LogP contribution in [0.1, 0.15) is 40.2 Å². The van der Waals surface area contributed by atoms with Gasteiger partial charge in [0.1, 0.15) is 0 Å². The minimum absolute atomic E-state index is 0.0548. The molecule has 27 heavy (non-hydrogen) atoms. The number of carbonyl (C=O) groups is 2. The maximum absolute atomic E-state index is 12.5. The number of hydrogen-bond donors (Lipinski definition) is 2. The van der Waals surface area contributed by atoms with Crippen molar-refractivity contribution in [3.63, 3.8) is 0 Å². The number of aryl methyl sites for hydroxylation is 1. The summed E-state index contributed by atoms with van der Waals surface area (Å²) in [6.07, 6.45) is 0.868. The average molecular weight is 387 g/mol. The van der Waals surface area contributed by atoms with Crippen LogP contribution < -0.4 is 10.2 Å². The third kappa shape index (κ3) is 5.17. The molecule has 1 aromatic heterocycles. The molecule has 1 saturated heterocycles. The monoisotopic (exact) mass is 386 g/mol. The van der Waals surface area contributed by atoms with Gasteiger partial charge in [-0.15, -0.1) is 11.3 Å². The smallest absolute Gasteiger partial charge is 0.275 e. The summed E-state index contributed by atoms with van der Waals surface area (Å²) in [5.41, 5.74) is 2.37. The van der Waals surface area contributed by atoms with Crippen molar-refractivity contribution in [1.29, 1.82) is 0 Å². The molecule has 0 aliphatic carbocycles. The Bertz CT molecular complexity index is 750. The molecular weight excluding hydrogens is 358 g/mol. The summed E-state index contributed by atoms with van der Waals surface area (Å²) in [5.74, 6) is 0.189. The molecule has 1 fully saturated rings. The maximum Gasteiger partial charge on any atom is 0.275 e. The predicted molar refractivity (Wildman–Crippen MR) is 108 cm³/mol. The van der Waals surface area contributed by atoms with Gasteiger partial charge >= 0.3 is 0 Å². The lowest BCUT2D eigenvalue weighted by molar-refractivity contribution is -0.896. The molecule has 1 aliphatic rings. The van der Waals surface area contributed by atoms with Crippen LogP contribution in [0.15, 0.2) is 41.8 Å². The normalized spacial score (nSPS) is 16.1. The molecule has 0 radical (unpaired) electrons. The van der Waals surface area contributed by atoms with Crippen LogP contribution in [0.5, 0.6) is 0 Å². The minimum Gasteiger partial charge on any atom is -0.344 e. The van der Waals surface area contributed by atoms with Crippen LogP contribution in [-0.4, -0.2) is 49.4 Å². The van der Waals surface area contributed by atoms with Gasteiger partial charge < -0.3 is 15.1 Å². The van der Waals surface area contributed by atoms with E-state index in [9.17, 15) is 9.59 Å². The number of piperazine rings is 1. The zero-order valence-electron chi connectivity index (χ0n) is 16.0. The maximum atomic E-state index is 12.5. The van der Waals surface area contributed by atoms with Crippen molar-refractivity contribution in [2.45, 2.75) is 26.3 Å². The van der Waals surface area contributed by atoms with Gasteiger partial charge in [-0.2, -0.15) is 0 Å². The standard InChI is InChI=1S/C21H27N3O2S/c1-3-18(17-8-6-16(2)7-9-17)22-20(25)15-23-10-12-24(13-11-23)21(26)19-5-4-14-27-19/h4-9,14,18H,3,10-13,15H2,1-2H3,(H,22,25)/p+1/t18-/m1/s1. The van der Waals surface area contributed by atoms with Gasteiger partial charge in [0.15, 0.2) is 6.54 Å². The van der Waals surface area contributed by atoms with E-state index in [-0.39, 0.29) is 17.9 Å². The molecule has 1 aromatic carbocycles. The Labute approximate surface area is 165 Å². The number of nitrogens with zero attached hydrogens (tertiary/aromatic N) is 1. The van der Waals surface area contributed by atoms with E-state index in [0.29, 0.717) is 19.6 Å².